The van der Waals surface area contributed by atoms with Crippen LogP contribution in [0.25, 0.3) is 21.3 Å². The number of nitrogens with zero attached hydrogens (tertiary/aromatic N) is 2. The number of carbonyl (C=O) groups is 1. The first-order valence-corrected chi connectivity index (χ1v) is 10.3. The number of aromatic nitrogens is 2. The van der Waals surface area contributed by atoms with Crippen molar-refractivity contribution in [2.75, 3.05) is 5.75 Å². The zero-order chi connectivity index (χ0) is 18.8. The van der Waals surface area contributed by atoms with Gasteiger partial charge in [0.1, 0.15) is 4.83 Å². The lowest BCUT2D eigenvalue weighted by Gasteiger charge is -2.07. The molecule has 0 fully saturated rings. The number of fused-ring (bicyclic) bond motifs is 1. The lowest BCUT2D eigenvalue weighted by atomic mass is 10.1. The summed E-state index contributed by atoms with van der Waals surface area (Å²) in [7, 11) is 1.70. The number of benzene rings is 2. The Balaban J connectivity index is 1.67. The maximum atomic E-state index is 13.0. The van der Waals surface area contributed by atoms with Crippen LogP contribution in [0.15, 0.2) is 76.0 Å². The number of ketones is 1. The molecule has 2 aromatic carbocycles. The summed E-state index contributed by atoms with van der Waals surface area (Å²) >= 11 is 2.75. The molecule has 6 heteroatoms. The molecule has 0 bridgehead atoms. The van der Waals surface area contributed by atoms with Gasteiger partial charge in [0.25, 0.3) is 5.56 Å². The van der Waals surface area contributed by atoms with Gasteiger partial charge < -0.3 is 0 Å². The summed E-state index contributed by atoms with van der Waals surface area (Å²) in [6.45, 7) is 0. The molecule has 0 aliphatic heterocycles. The average Bonchev–Trinajstić information content (AvgIpc) is 3.14. The average molecular weight is 393 g/mol. The molecule has 0 aliphatic rings. The number of hydrogen-bond acceptors (Lipinski definition) is 5. The van der Waals surface area contributed by atoms with E-state index in [1.54, 1.807) is 19.2 Å². The molecule has 4 rings (SSSR count). The summed E-state index contributed by atoms with van der Waals surface area (Å²) in [5, 5.41) is 3.16. The predicted molar refractivity (Wildman–Crippen MR) is 112 cm³/mol. The highest BCUT2D eigenvalue weighted by Gasteiger charge is 2.16. The number of thioether (sulfide) groups is 1. The Labute approximate surface area is 164 Å². The van der Waals surface area contributed by atoms with E-state index in [1.165, 1.54) is 27.7 Å². The molecule has 0 saturated heterocycles. The Morgan fingerprint density at radius 1 is 1.07 bits per heavy atom. The van der Waals surface area contributed by atoms with Crippen LogP contribution < -0.4 is 5.56 Å². The van der Waals surface area contributed by atoms with Crippen LogP contribution in [-0.2, 0) is 7.05 Å². The highest BCUT2D eigenvalue weighted by atomic mass is 32.2. The summed E-state index contributed by atoms with van der Waals surface area (Å²) < 4.78 is 1.53. The molecule has 27 heavy (non-hydrogen) atoms. The van der Waals surface area contributed by atoms with Crippen LogP contribution in [0.4, 0.5) is 0 Å². The summed E-state index contributed by atoms with van der Waals surface area (Å²) in [6.07, 6.45) is 0. The molecule has 4 nitrogen and oxygen atoms in total. The lowest BCUT2D eigenvalue weighted by Crippen LogP contribution is -2.20. The van der Waals surface area contributed by atoms with Gasteiger partial charge in [0.2, 0.25) is 0 Å². The second kappa shape index (κ2) is 7.50. The summed E-state index contributed by atoms with van der Waals surface area (Å²) in [6, 6.07) is 19.0. The Hall–Kier alpha value is -2.70. The normalized spacial score (nSPS) is 11.0. The molecule has 4 aromatic rings. The summed E-state index contributed by atoms with van der Waals surface area (Å²) in [5.74, 6) is 0.262. The summed E-state index contributed by atoms with van der Waals surface area (Å²) in [4.78, 5) is 30.6. The number of rotatable bonds is 5. The van der Waals surface area contributed by atoms with Crippen molar-refractivity contribution in [1.29, 1.82) is 0 Å². The van der Waals surface area contributed by atoms with Gasteiger partial charge in [-0.05, 0) is 5.56 Å². The standard InChI is InChI=1S/C21H16N2O2S2/c1-23-20(25)18-16(14-8-4-2-5-9-14)12-26-19(18)22-21(23)27-13-17(24)15-10-6-3-7-11-15/h2-12H,13H2,1H3. The molecular weight excluding hydrogens is 376 g/mol. The van der Waals surface area contributed by atoms with Gasteiger partial charge in [-0.2, -0.15) is 0 Å². The lowest BCUT2D eigenvalue weighted by molar-refractivity contribution is 0.102. The van der Waals surface area contributed by atoms with E-state index in [-0.39, 0.29) is 17.1 Å². The zero-order valence-corrected chi connectivity index (χ0v) is 16.2. The van der Waals surface area contributed by atoms with Crippen LogP contribution >= 0.6 is 23.1 Å². The Morgan fingerprint density at radius 2 is 1.74 bits per heavy atom. The quantitative estimate of drug-likeness (QED) is 0.282. The van der Waals surface area contributed by atoms with Gasteiger partial charge in [-0.3, -0.25) is 14.2 Å². The van der Waals surface area contributed by atoms with E-state index in [0.29, 0.717) is 20.9 Å². The van der Waals surface area contributed by atoms with Gasteiger partial charge in [-0.25, -0.2) is 4.98 Å². The smallest absolute Gasteiger partial charge is 0.263 e. The number of carbonyl (C=O) groups excluding carboxylic acids is 1. The first-order chi connectivity index (χ1) is 13.1. The monoisotopic (exact) mass is 392 g/mol. The van der Waals surface area contributed by atoms with E-state index >= 15 is 0 Å². The van der Waals surface area contributed by atoms with Gasteiger partial charge in [-0.1, -0.05) is 72.4 Å². The van der Waals surface area contributed by atoms with Crippen LogP contribution in [-0.4, -0.2) is 21.1 Å². The molecule has 0 radical (unpaired) electrons. The van der Waals surface area contributed by atoms with Crippen molar-refractivity contribution in [2.45, 2.75) is 5.16 Å². The van der Waals surface area contributed by atoms with Gasteiger partial charge in [-0.15, -0.1) is 11.3 Å². The highest BCUT2D eigenvalue weighted by Crippen LogP contribution is 2.31. The second-order valence-corrected chi connectivity index (χ2v) is 7.83. The van der Waals surface area contributed by atoms with E-state index in [2.05, 4.69) is 4.98 Å². The predicted octanol–water partition coefficient (Wildman–Crippen LogP) is 4.64. The van der Waals surface area contributed by atoms with Crippen molar-refractivity contribution in [3.05, 3.63) is 82.0 Å². The molecule has 0 unspecified atom stereocenters. The molecular formula is C21H16N2O2S2. The summed E-state index contributed by atoms with van der Waals surface area (Å²) in [5.41, 5.74) is 2.48. The van der Waals surface area contributed by atoms with Gasteiger partial charge in [0.05, 0.1) is 11.1 Å². The van der Waals surface area contributed by atoms with E-state index in [9.17, 15) is 9.59 Å². The van der Waals surface area contributed by atoms with Crippen LogP contribution in [0, 0.1) is 0 Å². The molecule has 2 aromatic heterocycles. The topological polar surface area (TPSA) is 52.0 Å². The Kier molecular flexibility index (Phi) is 4.92. The first kappa shape index (κ1) is 17.7. The van der Waals surface area contributed by atoms with Gasteiger partial charge in [0, 0.05) is 23.6 Å². The minimum absolute atomic E-state index is 0.0195. The number of thiophene rings is 1. The number of Topliss-reactive ketones (excluding diaryl/α,β-unsaturated/α-hetero) is 1. The SMILES string of the molecule is Cn1c(SCC(=O)c2ccccc2)nc2scc(-c3ccccc3)c2c1=O. The van der Waals surface area contributed by atoms with Gasteiger partial charge >= 0.3 is 0 Å². The van der Waals surface area contributed by atoms with Crippen LogP contribution in [0.1, 0.15) is 10.4 Å². The molecule has 0 spiro atoms. The minimum atomic E-state index is -0.0882. The molecule has 2 heterocycles. The van der Waals surface area contributed by atoms with E-state index in [1.807, 2.05) is 53.9 Å². The largest absolute Gasteiger partial charge is 0.293 e. The molecule has 0 saturated carbocycles. The fourth-order valence-corrected chi connectivity index (χ4v) is 4.70. The molecule has 0 N–H and O–H groups in total. The molecule has 0 aliphatic carbocycles. The third kappa shape index (κ3) is 3.46. The third-order valence-corrected chi connectivity index (χ3v) is 6.19. The Bertz CT molecular complexity index is 1170. The van der Waals surface area contributed by atoms with Crippen molar-refractivity contribution in [3.8, 4) is 11.1 Å². The minimum Gasteiger partial charge on any atom is -0.293 e. The van der Waals surface area contributed by atoms with Crippen molar-refractivity contribution < 1.29 is 4.79 Å². The third-order valence-electron chi connectivity index (χ3n) is 4.29. The van der Waals surface area contributed by atoms with E-state index < -0.39 is 0 Å². The van der Waals surface area contributed by atoms with Crippen molar-refractivity contribution in [3.63, 3.8) is 0 Å². The zero-order valence-electron chi connectivity index (χ0n) is 14.6. The first-order valence-electron chi connectivity index (χ1n) is 8.40. The van der Waals surface area contributed by atoms with Crippen molar-refractivity contribution in [1.82, 2.24) is 9.55 Å². The maximum absolute atomic E-state index is 13.0. The van der Waals surface area contributed by atoms with Crippen LogP contribution in [0.3, 0.4) is 0 Å². The number of hydrogen-bond donors (Lipinski definition) is 0. The van der Waals surface area contributed by atoms with Crippen LogP contribution in [0.5, 0.6) is 0 Å². The maximum Gasteiger partial charge on any atom is 0.263 e. The van der Waals surface area contributed by atoms with Crippen molar-refractivity contribution in [2.24, 2.45) is 7.05 Å². The van der Waals surface area contributed by atoms with Gasteiger partial charge in [0.15, 0.2) is 10.9 Å². The van der Waals surface area contributed by atoms with Crippen molar-refractivity contribution >= 4 is 39.1 Å². The van der Waals surface area contributed by atoms with E-state index in [0.717, 1.165) is 11.1 Å². The second-order valence-electron chi connectivity index (χ2n) is 6.03. The highest BCUT2D eigenvalue weighted by molar-refractivity contribution is 7.99. The van der Waals surface area contributed by atoms with Crippen LogP contribution in [0.2, 0.25) is 0 Å². The van der Waals surface area contributed by atoms with E-state index in [4.69, 9.17) is 0 Å². The fraction of sp³-hybridized carbons (Fsp3) is 0.0952. The fourth-order valence-electron chi connectivity index (χ4n) is 2.85. The molecule has 134 valence electrons. The molecule has 0 atom stereocenters. The Morgan fingerprint density at radius 3 is 2.44 bits per heavy atom. The molecule has 0 amide bonds.